The molecule has 0 spiro atoms. The summed E-state index contributed by atoms with van der Waals surface area (Å²) in [5.74, 6) is 0. The Morgan fingerprint density at radius 3 is 1.16 bits per heavy atom. The van der Waals surface area contributed by atoms with Crippen molar-refractivity contribution in [1.29, 1.82) is 0 Å². The maximum atomic E-state index is 10.7. The van der Waals surface area contributed by atoms with Gasteiger partial charge in [-0.05, 0) is 38.4 Å². The third-order valence-electron chi connectivity index (χ3n) is 3.76. The number of halogens is 6. The van der Waals surface area contributed by atoms with E-state index in [2.05, 4.69) is 46.0 Å². The molecule has 0 unspecified atom stereocenters. The summed E-state index contributed by atoms with van der Waals surface area (Å²) in [5.41, 5.74) is -8.84. The van der Waals surface area contributed by atoms with Crippen molar-refractivity contribution < 1.29 is 69.1 Å². The Labute approximate surface area is 220 Å². The second-order valence-electron chi connectivity index (χ2n) is 6.96. The van der Waals surface area contributed by atoms with Crippen LogP contribution in [0.15, 0.2) is 48.8 Å². The molecule has 0 fully saturated rings. The Hall–Kier alpha value is -1.87. The van der Waals surface area contributed by atoms with Crippen molar-refractivity contribution in [2.75, 3.05) is 27.2 Å². The molecule has 0 aromatic carbocycles. The van der Waals surface area contributed by atoms with E-state index in [4.69, 9.17) is 25.9 Å². The summed E-state index contributed by atoms with van der Waals surface area (Å²) in [5, 5.41) is 0. The fourth-order valence-corrected chi connectivity index (χ4v) is 2.04. The topological polar surface area (TPSA) is 141 Å². The summed E-state index contributed by atoms with van der Waals surface area (Å²) >= 11 is 0. The summed E-state index contributed by atoms with van der Waals surface area (Å²) in [6, 6.07) is 12.1. The van der Waals surface area contributed by atoms with Gasteiger partial charge in [0.1, 0.15) is 0 Å². The SMILES string of the molecule is CN(CCN(C)Cc1ccccn1)Cc1ccccn1.O=S(=O)(O)C(F)(F)F.O=S(=O)(O)C(F)(F)F.[Co]. The van der Waals surface area contributed by atoms with Crippen molar-refractivity contribution in [2.45, 2.75) is 24.1 Å². The van der Waals surface area contributed by atoms with Gasteiger partial charge in [-0.3, -0.25) is 28.9 Å². The minimum absolute atomic E-state index is 0. The number of pyridine rings is 2. The van der Waals surface area contributed by atoms with Crippen LogP contribution in [0.5, 0.6) is 0 Å². The van der Waals surface area contributed by atoms with Gasteiger partial charge in [-0.15, -0.1) is 0 Å². The van der Waals surface area contributed by atoms with Gasteiger partial charge in [0.25, 0.3) is 0 Å². The number of aromatic nitrogens is 2. The molecule has 2 N–H and O–H groups in total. The van der Waals surface area contributed by atoms with Gasteiger partial charge in [0, 0.05) is 55.4 Å². The zero-order valence-electron chi connectivity index (χ0n) is 19.2. The van der Waals surface area contributed by atoms with Crippen LogP contribution in [0.1, 0.15) is 11.4 Å². The number of likely N-dealkylation sites (N-methyl/N-ethyl adjacent to an activating group) is 2. The Balaban J connectivity index is 0. The molecule has 2 aromatic heterocycles. The molecule has 0 amide bonds. The Bertz CT molecular complexity index is 1020. The van der Waals surface area contributed by atoms with Gasteiger partial charge in [0.15, 0.2) is 0 Å². The van der Waals surface area contributed by atoms with Crippen LogP contribution >= 0.6 is 0 Å². The minimum atomic E-state index is -5.84. The molecule has 10 nitrogen and oxygen atoms in total. The number of hydrogen-bond acceptors (Lipinski definition) is 8. The second-order valence-corrected chi connectivity index (χ2v) is 9.79. The smallest absolute Gasteiger partial charge is 0.299 e. The summed E-state index contributed by atoms with van der Waals surface area (Å²) in [4.78, 5) is 13.3. The quantitative estimate of drug-likeness (QED) is 0.267. The van der Waals surface area contributed by atoms with Crippen LogP contribution in [0.4, 0.5) is 26.3 Å². The van der Waals surface area contributed by atoms with E-state index in [1.54, 1.807) is 0 Å². The number of hydrogen-bond donors (Lipinski definition) is 2. The second kappa shape index (κ2) is 16.2. The molecule has 0 bridgehead atoms. The third kappa shape index (κ3) is 17.3. The maximum absolute atomic E-state index is 10.7. The van der Waals surface area contributed by atoms with Crippen LogP contribution in [0.2, 0.25) is 0 Å². The fourth-order valence-electron chi connectivity index (χ4n) is 2.04. The van der Waals surface area contributed by atoms with Crippen molar-refractivity contribution in [3.8, 4) is 0 Å². The first-order chi connectivity index (χ1) is 16.2. The van der Waals surface area contributed by atoms with Crippen molar-refractivity contribution in [3.63, 3.8) is 0 Å². The van der Waals surface area contributed by atoms with E-state index in [1.807, 2.05) is 36.7 Å². The monoisotopic (exact) mass is 629 g/mol. The first-order valence-electron chi connectivity index (χ1n) is 9.48. The molecule has 2 rings (SSSR count). The average Bonchev–Trinajstić information content (AvgIpc) is 2.72. The van der Waals surface area contributed by atoms with E-state index in [1.165, 1.54) is 0 Å². The van der Waals surface area contributed by atoms with Crippen LogP contribution in [-0.4, -0.2) is 83.9 Å². The van der Waals surface area contributed by atoms with E-state index in [0.29, 0.717) is 0 Å². The Morgan fingerprint density at radius 1 is 0.703 bits per heavy atom. The average molecular weight is 629 g/mol. The van der Waals surface area contributed by atoms with Crippen molar-refractivity contribution in [2.24, 2.45) is 0 Å². The van der Waals surface area contributed by atoms with Gasteiger partial charge in [-0.2, -0.15) is 43.2 Å². The van der Waals surface area contributed by atoms with Gasteiger partial charge < -0.3 is 0 Å². The van der Waals surface area contributed by atoms with Crippen LogP contribution in [0.3, 0.4) is 0 Å². The standard InChI is InChI=1S/C16H22N4.2CHF3O3S.Co/c1-19(13-15-7-3-5-9-17-15)11-12-20(2)14-16-8-4-6-10-18-16;2*2-1(3,4)8(5,6)7;/h3-10H,11-14H2,1-2H3;2*(H,5,6,7);. The molecule has 37 heavy (non-hydrogen) atoms. The van der Waals surface area contributed by atoms with E-state index >= 15 is 0 Å². The van der Waals surface area contributed by atoms with Crippen LogP contribution < -0.4 is 0 Å². The summed E-state index contributed by atoms with van der Waals surface area (Å²) in [6.07, 6.45) is 3.69. The zero-order valence-corrected chi connectivity index (χ0v) is 21.9. The molecule has 2 heterocycles. The first kappa shape index (κ1) is 37.3. The Morgan fingerprint density at radius 2 is 0.973 bits per heavy atom. The normalized spacial score (nSPS) is 12.1. The van der Waals surface area contributed by atoms with E-state index in [-0.39, 0.29) is 16.8 Å². The Kier molecular flexibility index (Phi) is 16.3. The number of nitrogens with zero attached hydrogens (tertiary/aromatic N) is 4. The fraction of sp³-hybridized carbons (Fsp3) is 0.444. The largest absolute Gasteiger partial charge is 0.522 e. The van der Waals surface area contributed by atoms with Crippen molar-refractivity contribution >= 4 is 20.2 Å². The molecule has 2 aromatic rings. The van der Waals surface area contributed by atoms with E-state index in [9.17, 15) is 26.3 Å². The molecule has 0 saturated heterocycles. The molecular formula is C18H24CoF6N4O6S2. The number of rotatable bonds is 7. The predicted molar refractivity (Wildman–Crippen MR) is 116 cm³/mol. The van der Waals surface area contributed by atoms with Crippen LogP contribution in [-0.2, 0) is 50.1 Å². The molecule has 0 aliphatic rings. The first-order valence-corrected chi connectivity index (χ1v) is 12.4. The molecule has 215 valence electrons. The summed E-state index contributed by atoms with van der Waals surface area (Å²) in [7, 11) is -7.42. The van der Waals surface area contributed by atoms with Gasteiger partial charge in [-0.25, -0.2) is 0 Å². The van der Waals surface area contributed by atoms with Crippen molar-refractivity contribution in [1.82, 2.24) is 19.8 Å². The predicted octanol–water partition coefficient (Wildman–Crippen LogP) is 2.83. The molecule has 1 radical (unpaired) electrons. The van der Waals surface area contributed by atoms with Gasteiger partial charge >= 0.3 is 31.3 Å². The number of alkyl halides is 6. The molecule has 19 heteroatoms. The molecule has 0 aliphatic heterocycles. The van der Waals surface area contributed by atoms with Crippen LogP contribution in [0.25, 0.3) is 0 Å². The van der Waals surface area contributed by atoms with E-state index in [0.717, 1.165) is 37.6 Å². The molecule has 0 aliphatic carbocycles. The van der Waals surface area contributed by atoms with Gasteiger partial charge in [-0.1, -0.05) is 12.1 Å². The molecule has 0 saturated carbocycles. The summed E-state index contributed by atoms with van der Waals surface area (Å²) < 4.78 is 115. The minimum Gasteiger partial charge on any atom is -0.299 e. The molecular weight excluding hydrogens is 605 g/mol. The van der Waals surface area contributed by atoms with Gasteiger partial charge in [0.2, 0.25) is 0 Å². The zero-order chi connectivity index (χ0) is 28.2. The van der Waals surface area contributed by atoms with E-state index < -0.39 is 31.3 Å². The third-order valence-corrected chi connectivity index (χ3v) is 4.93. The molecule has 0 atom stereocenters. The van der Waals surface area contributed by atoms with Crippen LogP contribution in [0, 0.1) is 0 Å². The van der Waals surface area contributed by atoms with Crippen molar-refractivity contribution in [3.05, 3.63) is 60.2 Å². The maximum Gasteiger partial charge on any atom is 0.522 e. The van der Waals surface area contributed by atoms with Gasteiger partial charge in [0.05, 0.1) is 11.4 Å². The summed E-state index contributed by atoms with van der Waals surface area (Å²) in [6.45, 7) is 3.80.